The average Bonchev–Trinajstić information content (AvgIpc) is 2.67. The Hall–Kier alpha value is -0.870. The van der Waals surface area contributed by atoms with Gasteiger partial charge in [0, 0.05) is 77.9 Å². The monoisotopic (exact) mass is 532 g/mol. The van der Waals surface area contributed by atoms with Gasteiger partial charge in [0.25, 0.3) is 0 Å². The molecule has 30 heavy (non-hydrogen) atoms. The smallest absolute Gasteiger partial charge is 0.225 e. The molecule has 2 N–H and O–H groups in total. The summed E-state index contributed by atoms with van der Waals surface area (Å²) in [6.07, 6.45) is 5.71. The minimum absolute atomic E-state index is 0. The summed E-state index contributed by atoms with van der Waals surface area (Å²) in [5.74, 6) is 1.63. The molecule has 3 fully saturated rings. The molecule has 172 valence electrons. The Kier molecular flexibility index (Phi) is 10.9. The van der Waals surface area contributed by atoms with Crippen LogP contribution in [0.15, 0.2) is 17.1 Å². The zero-order chi connectivity index (χ0) is 20.6. The summed E-state index contributed by atoms with van der Waals surface area (Å²) in [5.41, 5.74) is 1.24. The Morgan fingerprint density at radius 3 is 2.23 bits per heavy atom. The highest BCUT2D eigenvalue weighted by Crippen LogP contribution is 2.28. The van der Waals surface area contributed by atoms with Crippen LogP contribution in [0.3, 0.4) is 0 Å². The second-order valence-electron chi connectivity index (χ2n) is 8.95. The number of carbonyl (C=O) groups excluding carboxylic acids is 1. The number of aliphatic imine (C=N–C) groups is 1. The molecule has 2 aliphatic heterocycles. The van der Waals surface area contributed by atoms with Crippen molar-refractivity contribution in [3.63, 3.8) is 0 Å². The van der Waals surface area contributed by atoms with Crippen molar-refractivity contribution in [3.05, 3.63) is 12.2 Å². The maximum atomic E-state index is 12.4. The van der Waals surface area contributed by atoms with Crippen LogP contribution in [0.4, 0.5) is 0 Å². The van der Waals surface area contributed by atoms with E-state index in [1.165, 1.54) is 12.0 Å². The molecule has 1 aliphatic carbocycles. The van der Waals surface area contributed by atoms with E-state index in [1.807, 2.05) is 7.05 Å². The van der Waals surface area contributed by atoms with Crippen LogP contribution in [0.5, 0.6) is 0 Å². The molecule has 0 aromatic rings. The quantitative estimate of drug-likeness (QED) is 0.227. The Labute approximate surface area is 199 Å². The molecule has 0 aromatic carbocycles. The van der Waals surface area contributed by atoms with Gasteiger partial charge in [0.1, 0.15) is 0 Å². The number of rotatable bonds is 7. The van der Waals surface area contributed by atoms with E-state index in [1.54, 1.807) is 0 Å². The molecule has 1 amide bonds. The van der Waals surface area contributed by atoms with Gasteiger partial charge < -0.3 is 15.5 Å². The zero-order valence-electron chi connectivity index (χ0n) is 18.9. The summed E-state index contributed by atoms with van der Waals surface area (Å²) >= 11 is 0. The predicted octanol–water partition coefficient (Wildman–Crippen LogP) is 1.75. The van der Waals surface area contributed by atoms with E-state index in [-0.39, 0.29) is 24.0 Å². The molecule has 3 aliphatic rings. The number of piperidine rings is 1. The molecule has 2 heterocycles. The van der Waals surface area contributed by atoms with Crippen LogP contribution < -0.4 is 10.6 Å². The lowest BCUT2D eigenvalue weighted by Crippen LogP contribution is -2.53. The van der Waals surface area contributed by atoms with Crippen LogP contribution >= 0.6 is 24.0 Å². The number of hydrogen-bond donors (Lipinski definition) is 2. The van der Waals surface area contributed by atoms with Crippen molar-refractivity contribution >= 4 is 35.8 Å². The molecule has 0 atom stereocenters. The second kappa shape index (κ2) is 12.9. The highest BCUT2D eigenvalue weighted by molar-refractivity contribution is 14.0. The molecule has 0 spiro atoms. The topological polar surface area (TPSA) is 63.2 Å². The number of halogens is 1. The van der Waals surface area contributed by atoms with Gasteiger partial charge in [-0.2, -0.15) is 0 Å². The number of hydrogen-bond acceptors (Lipinski definition) is 4. The zero-order valence-corrected chi connectivity index (χ0v) is 21.2. The number of nitrogens with zero attached hydrogens (tertiary/aromatic N) is 4. The van der Waals surface area contributed by atoms with Gasteiger partial charge in [0.05, 0.1) is 0 Å². The largest absolute Gasteiger partial charge is 0.355 e. The van der Waals surface area contributed by atoms with Crippen molar-refractivity contribution in [2.45, 2.75) is 45.1 Å². The lowest BCUT2D eigenvalue weighted by Gasteiger charge is -2.38. The maximum Gasteiger partial charge on any atom is 0.225 e. The molecule has 2 saturated heterocycles. The average molecular weight is 533 g/mol. The van der Waals surface area contributed by atoms with Crippen molar-refractivity contribution < 1.29 is 4.79 Å². The Morgan fingerprint density at radius 1 is 1.03 bits per heavy atom. The number of guanidine groups is 1. The molecule has 1 saturated carbocycles. The maximum absolute atomic E-state index is 12.4. The van der Waals surface area contributed by atoms with Crippen LogP contribution in [0.1, 0.15) is 39.0 Å². The van der Waals surface area contributed by atoms with Crippen LogP contribution in [0.2, 0.25) is 0 Å². The van der Waals surface area contributed by atoms with Crippen LogP contribution in [-0.2, 0) is 4.79 Å². The van der Waals surface area contributed by atoms with E-state index in [2.05, 4.69) is 43.8 Å². The molecule has 3 rings (SSSR count). The first-order valence-electron chi connectivity index (χ1n) is 11.4. The molecule has 0 bridgehead atoms. The first kappa shape index (κ1) is 25.4. The third-order valence-corrected chi connectivity index (χ3v) is 6.50. The van der Waals surface area contributed by atoms with Gasteiger partial charge in [-0.05, 0) is 32.6 Å². The predicted molar refractivity (Wildman–Crippen MR) is 135 cm³/mol. The highest BCUT2D eigenvalue weighted by Gasteiger charge is 2.31. The van der Waals surface area contributed by atoms with Gasteiger partial charge >= 0.3 is 0 Å². The number of piperazine rings is 1. The van der Waals surface area contributed by atoms with E-state index >= 15 is 0 Å². The van der Waals surface area contributed by atoms with Gasteiger partial charge in [-0.3, -0.25) is 19.6 Å². The molecular formula is C22H41IN6O. The molecule has 8 heteroatoms. The van der Waals surface area contributed by atoms with Crippen LogP contribution in [0.25, 0.3) is 0 Å². The summed E-state index contributed by atoms with van der Waals surface area (Å²) in [6, 6.07) is 0.489. The van der Waals surface area contributed by atoms with Gasteiger partial charge in [-0.15, -0.1) is 24.0 Å². The van der Waals surface area contributed by atoms with E-state index < -0.39 is 0 Å². The first-order valence-corrected chi connectivity index (χ1v) is 11.4. The Morgan fingerprint density at radius 2 is 1.70 bits per heavy atom. The number of carbonyl (C=O) groups is 1. The minimum Gasteiger partial charge on any atom is -0.355 e. The standard InChI is InChI=1S/C22H40N6O.HI/c1-18(2)17-27-10-7-20(8-11-27)25-22(23-3)24-9-12-26-13-15-28(16-14-26)21(29)19-5-4-6-19;/h19-20H,1,4-17H2,2-3H3,(H2,23,24,25);1H. The van der Waals surface area contributed by atoms with Crippen molar-refractivity contribution in [1.29, 1.82) is 0 Å². The van der Waals surface area contributed by atoms with Crippen molar-refractivity contribution in [3.8, 4) is 0 Å². The Balaban J connectivity index is 0.00000320. The number of nitrogens with one attached hydrogen (secondary N) is 2. The van der Waals surface area contributed by atoms with Gasteiger partial charge in [0.15, 0.2) is 5.96 Å². The molecule has 0 radical (unpaired) electrons. The number of amides is 1. The first-order chi connectivity index (χ1) is 14.0. The molecule has 7 nitrogen and oxygen atoms in total. The fraction of sp³-hybridized carbons (Fsp3) is 0.818. The number of likely N-dealkylation sites (tertiary alicyclic amines) is 1. The van der Waals surface area contributed by atoms with E-state index in [4.69, 9.17) is 0 Å². The fourth-order valence-electron chi connectivity index (χ4n) is 4.44. The van der Waals surface area contributed by atoms with Gasteiger partial charge in [-0.1, -0.05) is 18.6 Å². The molecule has 0 unspecified atom stereocenters. The van der Waals surface area contributed by atoms with Gasteiger partial charge in [-0.25, -0.2) is 0 Å². The van der Waals surface area contributed by atoms with Gasteiger partial charge in [0.2, 0.25) is 5.91 Å². The van der Waals surface area contributed by atoms with Crippen molar-refractivity contribution in [2.75, 3.05) is 66.0 Å². The normalized spacial score (nSPS) is 22.2. The lowest BCUT2D eigenvalue weighted by molar-refractivity contribution is -0.139. The summed E-state index contributed by atoms with van der Waals surface area (Å²) in [5, 5.41) is 7.05. The van der Waals surface area contributed by atoms with Crippen LogP contribution in [0, 0.1) is 5.92 Å². The molecule has 0 aromatic heterocycles. The summed E-state index contributed by atoms with van der Waals surface area (Å²) in [4.78, 5) is 23.8. The van der Waals surface area contributed by atoms with Crippen molar-refractivity contribution in [1.82, 2.24) is 25.3 Å². The lowest BCUT2D eigenvalue weighted by atomic mass is 9.84. The third-order valence-electron chi connectivity index (χ3n) is 6.50. The van der Waals surface area contributed by atoms with Crippen molar-refractivity contribution in [2.24, 2.45) is 10.9 Å². The minimum atomic E-state index is 0. The van der Waals surface area contributed by atoms with E-state index in [9.17, 15) is 4.79 Å². The van der Waals surface area contributed by atoms with Crippen LogP contribution in [-0.4, -0.2) is 98.6 Å². The third kappa shape index (κ3) is 7.67. The fourth-order valence-corrected chi connectivity index (χ4v) is 4.44. The summed E-state index contributed by atoms with van der Waals surface area (Å²) < 4.78 is 0. The summed E-state index contributed by atoms with van der Waals surface area (Å²) in [6.45, 7) is 15.0. The van der Waals surface area contributed by atoms with E-state index in [0.717, 1.165) is 90.5 Å². The molecular weight excluding hydrogens is 491 g/mol. The Bertz CT molecular complexity index is 578. The second-order valence-corrected chi connectivity index (χ2v) is 8.95. The SMILES string of the molecule is C=C(C)CN1CCC(NC(=NC)NCCN2CCN(C(=O)C3CCC3)CC2)CC1.I. The summed E-state index contributed by atoms with van der Waals surface area (Å²) in [7, 11) is 1.84. The van der Waals surface area contributed by atoms with E-state index in [0.29, 0.717) is 17.9 Å². The highest BCUT2D eigenvalue weighted by atomic mass is 127.